The summed E-state index contributed by atoms with van der Waals surface area (Å²) in [5, 5.41) is 11.6. The lowest BCUT2D eigenvalue weighted by atomic mass is 9.97. The summed E-state index contributed by atoms with van der Waals surface area (Å²) in [7, 11) is -4.15. The van der Waals surface area contributed by atoms with E-state index in [2.05, 4.69) is 10.1 Å². The van der Waals surface area contributed by atoms with Gasteiger partial charge in [-0.3, -0.25) is 33.0 Å². The minimum absolute atomic E-state index is 0.110. The molecule has 0 radical (unpaired) electrons. The van der Waals surface area contributed by atoms with Crippen molar-refractivity contribution in [3.63, 3.8) is 0 Å². The van der Waals surface area contributed by atoms with Crippen LogP contribution in [0.3, 0.4) is 0 Å². The van der Waals surface area contributed by atoms with E-state index in [0.29, 0.717) is 0 Å². The van der Waals surface area contributed by atoms with Crippen LogP contribution in [0.5, 0.6) is 0 Å². The molecule has 1 aliphatic rings. The fourth-order valence-electron chi connectivity index (χ4n) is 3.45. The van der Waals surface area contributed by atoms with E-state index in [1.165, 1.54) is 13.1 Å². The van der Waals surface area contributed by atoms with Crippen LogP contribution in [-0.2, 0) is 32.7 Å². The second-order valence-electron chi connectivity index (χ2n) is 10.3. The number of aliphatic hydroxyl groups is 1. The number of nitrogens with one attached hydrogen (secondary N) is 2. The van der Waals surface area contributed by atoms with Crippen molar-refractivity contribution in [2.24, 2.45) is 5.41 Å². The van der Waals surface area contributed by atoms with Crippen LogP contribution in [0.2, 0.25) is 0 Å². The van der Waals surface area contributed by atoms with Gasteiger partial charge in [0.15, 0.2) is 11.3 Å². The minimum atomic E-state index is -4.15. The number of aromatic amines is 1. The second-order valence-corrected chi connectivity index (χ2v) is 14.0. The van der Waals surface area contributed by atoms with E-state index >= 15 is 0 Å². The van der Waals surface area contributed by atoms with Crippen molar-refractivity contribution in [2.45, 2.75) is 77.3 Å². The Morgan fingerprint density at radius 2 is 2.03 bits per heavy atom. The van der Waals surface area contributed by atoms with E-state index in [1.807, 2.05) is 0 Å². The summed E-state index contributed by atoms with van der Waals surface area (Å²) in [5.74, 6) is -0.562. The van der Waals surface area contributed by atoms with Crippen LogP contribution in [0.25, 0.3) is 0 Å². The number of carbonyl (C=O) groups is 2. The number of hydrogen-bond acceptors (Lipinski definition) is 11. The van der Waals surface area contributed by atoms with Gasteiger partial charge < -0.3 is 14.6 Å². The third-order valence-electron chi connectivity index (χ3n) is 5.58. The number of halogens is 1. The van der Waals surface area contributed by atoms with Crippen LogP contribution in [-0.4, -0.2) is 74.4 Å². The number of aromatic nitrogens is 2. The van der Waals surface area contributed by atoms with Crippen molar-refractivity contribution in [1.29, 1.82) is 0 Å². The highest BCUT2D eigenvalue weighted by atomic mass is 35.5. The van der Waals surface area contributed by atoms with Crippen LogP contribution < -0.4 is 16.3 Å². The zero-order valence-corrected chi connectivity index (χ0v) is 25.3. The van der Waals surface area contributed by atoms with Crippen LogP contribution in [0, 0.1) is 5.41 Å². The Bertz CT molecular complexity index is 1170. The molecule has 0 amide bonds. The Balaban J connectivity index is 2.10. The molecule has 2 rings (SSSR count). The van der Waals surface area contributed by atoms with Crippen molar-refractivity contribution < 1.29 is 37.8 Å². The number of alkyl halides is 1. The lowest BCUT2D eigenvalue weighted by Crippen LogP contribution is -2.37. The van der Waals surface area contributed by atoms with E-state index in [0.717, 1.165) is 22.4 Å². The number of aliphatic hydroxyl groups excluding tert-OH is 1. The Kier molecular flexibility index (Phi) is 12.0. The van der Waals surface area contributed by atoms with Gasteiger partial charge in [-0.1, -0.05) is 11.8 Å². The molecule has 16 heteroatoms. The summed E-state index contributed by atoms with van der Waals surface area (Å²) < 4.78 is 36.9. The van der Waals surface area contributed by atoms with Crippen molar-refractivity contribution in [2.75, 3.05) is 25.6 Å². The van der Waals surface area contributed by atoms with Gasteiger partial charge in [-0.2, -0.15) is 0 Å². The van der Waals surface area contributed by atoms with E-state index in [9.17, 15) is 28.8 Å². The number of nitrogens with zero attached hydrogens (tertiary/aromatic N) is 1. The van der Waals surface area contributed by atoms with Crippen LogP contribution in [0.4, 0.5) is 0 Å². The fourth-order valence-corrected chi connectivity index (χ4v) is 6.21. The summed E-state index contributed by atoms with van der Waals surface area (Å²) in [5.41, 5.74) is -2.22. The van der Waals surface area contributed by atoms with E-state index < -0.39 is 59.7 Å². The van der Waals surface area contributed by atoms with Gasteiger partial charge in [-0.15, -0.1) is 11.6 Å². The number of hydrogen-bond donors (Lipinski definition) is 3. The molecule has 0 saturated carbocycles. The quantitative estimate of drug-likeness (QED) is 0.121. The highest BCUT2D eigenvalue weighted by molar-refractivity contribution is 8.13. The average molecular weight is 614 g/mol. The summed E-state index contributed by atoms with van der Waals surface area (Å²) in [6.07, 6.45) is -0.626. The van der Waals surface area contributed by atoms with Crippen LogP contribution in [0.1, 0.15) is 54.2 Å². The van der Waals surface area contributed by atoms with Crippen molar-refractivity contribution >= 4 is 42.2 Å². The number of rotatable bonds is 14. The molecule has 0 aliphatic carbocycles. The Morgan fingerprint density at radius 1 is 1.36 bits per heavy atom. The smallest absolute Gasteiger partial charge is 0.406 e. The largest absolute Gasteiger partial charge is 0.462 e. The molecule has 0 aromatic carbocycles. The molecule has 1 aromatic heterocycles. The maximum absolute atomic E-state index is 13.6. The van der Waals surface area contributed by atoms with Crippen molar-refractivity contribution in [3.05, 3.63) is 33.1 Å². The first kappa shape index (κ1) is 33.7. The molecule has 1 fully saturated rings. The molecule has 39 heavy (non-hydrogen) atoms. The summed E-state index contributed by atoms with van der Waals surface area (Å²) in [4.78, 5) is 49.3. The average Bonchev–Trinajstić information content (AvgIpc) is 3.14. The Hall–Kier alpha value is -1.51. The Labute approximate surface area is 235 Å². The zero-order valence-electron chi connectivity index (χ0n) is 22.8. The minimum Gasteiger partial charge on any atom is -0.462 e. The van der Waals surface area contributed by atoms with Gasteiger partial charge in [0.1, 0.15) is 6.04 Å². The zero-order chi connectivity index (χ0) is 29.6. The fraction of sp³-hybridized carbons (Fsp3) is 0.739. The van der Waals surface area contributed by atoms with Gasteiger partial charge in [0.05, 0.1) is 42.3 Å². The topological polar surface area (TPSA) is 175 Å². The molecule has 3 N–H and O–H groups in total. The lowest BCUT2D eigenvalue weighted by Gasteiger charge is -2.24. The molecule has 1 aromatic rings. The predicted molar refractivity (Wildman–Crippen MR) is 146 cm³/mol. The Morgan fingerprint density at radius 3 is 2.62 bits per heavy atom. The third kappa shape index (κ3) is 9.82. The maximum Gasteiger partial charge on any atom is 0.406 e. The predicted octanol–water partition coefficient (Wildman–Crippen LogP) is 2.17. The van der Waals surface area contributed by atoms with Crippen LogP contribution >= 0.6 is 31.1 Å². The highest BCUT2D eigenvalue weighted by Gasteiger charge is 2.46. The maximum atomic E-state index is 13.6. The third-order valence-corrected chi connectivity index (χ3v) is 8.82. The molecule has 1 aliphatic heterocycles. The van der Waals surface area contributed by atoms with Crippen molar-refractivity contribution in [1.82, 2.24) is 14.6 Å². The van der Waals surface area contributed by atoms with Gasteiger partial charge in [0, 0.05) is 18.0 Å². The molecular weight excluding hydrogens is 577 g/mol. The molecule has 0 bridgehead atoms. The molecule has 5 atom stereocenters. The SMILES string of the molecule is CC(C)OC(=O)C(C)NP(=O)(OCCSC(=O)C(C)(C)CO)OC[C@@H]1C[C@@](C)(Cl)[C@H](n2ccc(=O)[nH]c2=O)O1. The first-order chi connectivity index (χ1) is 18.0. The summed E-state index contributed by atoms with van der Waals surface area (Å²) in [6.45, 7) is 8.84. The molecule has 0 spiro atoms. The molecule has 1 saturated heterocycles. The van der Waals surface area contributed by atoms with E-state index in [1.54, 1.807) is 34.6 Å². The van der Waals surface area contributed by atoms with E-state index in [-0.39, 0.29) is 37.1 Å². The van der Waals surface area contributed by atoms with Crippen molar-refractivity contribution in [3.8, 4) is 0 Å². The van der Waals surface area contributed by atoms with E-state index in [4.69, 9.17) is 30.1 Å². The molecule has 13 nitrogen and oxygen atoms in total. The van der Waals surface area contributed by atoms with Gasteiger partial charge >= 0.3 is 19.4 Å². The number of thioether (sulfide) groups is 1. The van der Waals surface area contributed by atoms with Crippen LogP contribution in [0.15, 0.2) is 21.9 Å². The number of H-pyrrole nitrogens is 1. The monoisotopic (exact) mass is 613 g/mol. The molecule has 2 heterocycles. The standard InChI is InChI=1S/C23H37ClN3O10PS/c1-14(2)36-18(30)15(3)26-38(33,34-9-10-39-20(31)22(4,5)13-28)35-12-16-11-23(6,24)19(37-16)27-8-7-17(29)25-21(27)32/h7-8,14-16,19,28H,9-13H2,1-6H3,(H,26,33)(H,25,29,32)/t15?,16-,19+,23+,38?/m0/s1. The molecular formula is C23H37ClN3O10PS. The lowest BCUT2D eigenvalue weighted by molar-refractivity contribution is -0.149. The summed E-state index contributed by atoms with van der Waals surface area (Å²) >= 11 is 7.52. The second kappa shape index (κ2) is 13.9. The number of ether oxygens (including phenoxy) is 2. The van der Waals surface area contributed by atoms with Gasteiger partial charge in [-0.05, 0) is 48.0 Å². The first-order valence-corrected chi connectivity index (χ1v) is 15.2. The molecule has 2 unspecified atom stereocenters. The first-order valence-electron chi connectivity index (χ1n) is 12.3. The summed E-state index contributed by atoms with van der Waals surface area (Å²) in [6, 6.07) is 0.103. The molecule has 222 valence electrons. The number of esters is 1. The van der Waals surface area contributed by atoms with Gasteiger partial charge in [0.25, 0.3) is 5.56 Å². The normalized spacial score (nSPS) is 23.9. The number of carbonyl (C=O) groups excluding carboxylic acids is 2. The van der Waals surface area contributed by atoms with Gasteiger partial charge in [0.2, 0.25) is 0 Å². The highest BCUT2D eigenvalue weighted by Crippen LogP contribution is 2.47. The van der Waals surface area contributed by atoms with Gasteiger partial charge in [-0.25, -0.2) is 14.4 Å².